The maximum Gasteiger partial charge on any atom is 0.0772 e. The molecule has 0 aliphatic heterocycles. The van der Waals surface area contributed by atoms with Crippen molar-refractivity contribution in [3.8, 4) is 11.8 Å². The Morgan fingerprint density at radius 3 is 2.65 bits per heavy atom. The zero-order chi connectivity index (χ0) is 12.8. The minimum Gasteiger partial charge on any atom is -0.320 e. The van der Waals surface area contributed by atoms with E-state index in [0.717, 1.165) is 11.4 Å². The summed E-state index contributed by atoms with van der Waals surface area (Å²) < 4.78 is 0. The lowest BCUT2D eigenvalue weighted by atomic mass is 10.1. The van der Waals surface area contributed by atoms with Gasteiger partial charge in [-0.15, -0.1) is 11.3 Å². The highest BCUT2D eigenvalue weighted by molar-refractivity contribution is 7.12. The molecule has 0 amide bonds. The average molecular weight is 250 g/mol. The largest absolute Gasteiger partial charge is 0.320 e. The summed E-state index contributed by atoms with van der Waals surface area (Å²) in [5.74, 6) is 6.64. The molecule has 94 valence electrons. The molecule has 3 heteroatoms. The number of hydrogen-bond donors (Lipinski definition) is 1. The lowest BCUT2D eigenvalue weighted by Gasteiger charge is -2.27. The molecule has 0 aromatic carbocycles. The topological polar surface area (TPSA) is 29.3 Å². The van der Waals surface area contributed by atoms with Gasteiger partial charge in [0.1, 0.15) is 0 Å². The standard InChI is InChI=1S/C14H22N2S/c1-11(2)12(3)16(4)10-14-8-7-13(17-14)6-5-9-15/h7-8,11-12H,9-10,15H2,1-4H3. The lowest BCUT2D eigenvalue weighted by Crippen LogP contribution is -2.32. The summed E-state index contributed by atoms with van der Waals surface area (Å²) in [6.45, 7) is 8.21. The number of rotatable bonds is 4. The molecular weight excluding hydrogens is 228 g/mol. The van der Waals surface area contributed by atoms with Gasteiger partial charge in [-0.2, -0.15) is 0 Å². The molecule has 1 unspecified atom stereocenters. The van der Waals surface area contributed by atoms with Gasteiger partial charge in [0.05, 0.1) is 11.4 Å². The van der Waals surface area contributed by atoms with Gasteiger partial charge in [0.2, 0.25) is 0 Å². The first-order chi connectivity index (χ1) is 8.04. The van der Waals surface area contributed by atoms with Crippen molar-refractivity contribution in [1.82, 2.24) is 4.90 Å². The molecule has 0 saturated heterocycles. The van der Waals surface area contributed by atoms with Crippen LogP contribution in [0.15, 0.2) is 12.1 Å². The summed E-state index contributed by atoms with van der Waals surface area (Å²) in [6, 6.07) is 4.83. The van der Waals surface area contributed by atoms with Crippen molar-refractivity contribution in [2.45, 2.75) is 33.4 Å². The maximum absolute atomic E-state index is 5.36. The van der Waals surface area contributed by atoms with Crippen LogP contribution in [-0.4, -0.2) is 24.5 Å². The Morgan fingerprint density at radius 1 is 1.35 bits per heavy atom. The summed E-state index contributed by atoms with van der Waals surface area (Å²) >= 11 is 1.76. The molecule has 0 radical (unpaired) electrons. The van der Waals surface area contributed by atoms with Gasteiger partial charge in [0, 0.05) is 17.5 Å². The first-order valence-corrected chi connectivity index (χ1v) is 6.84. The van der Waals surface area contributed by atoms with Crippen LogP contribution in [0.4, 0.5) is 0 Å². The van der Waals surface area contributed by atoms with Crippen LogP contribution >= 0.6 is 11.3 Å². The highest BCUT2D eigenvalue weighted by Gasteiger charge is 2.13. The first kappa shape index (κ1) is 14.2. The normalized spacial score (nSPS) is 12.6. The molecule has 0 aliphatic carbocycles. The van der Waals surface area contributed by atoms with E-state index in [2.05, 4.69) is 56.7 Å². The van der Waals surface area contributed by atoms with E-state index in [1.165, 1.54) is 4.88 Å². The Balaban J connectivity index is 2.60. The van der Waals surface area contributed by atoms with Gasteiger partial charge in [-0.1, -0.05) is 25.7 Å². The van der Waals surface area contributed by atoms with E-state index in [1.807, 2.05) is 0 Å². The molecule has 1 atom stereocenters. The predicted molar refractivity (Wildman–Crippen MR) is 76.0 cm³/mol. The van der Waals surface area contributed by atoms with Gasteiger partial charge in [-0.3, -0.25) is 4.90 Å². The van der Waals surface area contributed by atoms with Crippen LogP contribution in [0.3, 0.4) is 0 Å². The molecule has 0 bridgehead atoms. The van der Waals surface area contributed by atoms with Gasteiger partial charge in [0.25, 0.3) is 0 Å². The van der Waals surface area contributed by atoms with E-state index in [9.17, 15) is 0 Å². The molecule has 2 nitrogen and oxygen atoms in total. The minimum atomic E-state index is 0.428. The molecule has 0 fully saturated rings. The summed E-state index contributed by atoms with van der Waals surface area (Å²) in [4.78, 5) is 4.86. The SMILES string of the molecule is CC(C)C(C)N(C)Cc1ccc(C#CCN)s1. The summed E-state index contributed by atoms with van der Waals surface area (Å²) in [5, 5.41) is 0. The maximum atomic E-state index is 5.36. The number of nitrogens with zero attached hydrogens (tertiary/aromatic N) is 1. The Kier molecular flexibility index (Phi) is 5.70. The molecule has 17 heavy (non-hydrogen) atoms. The predicted octanol–water partition coefficient (Wildman–Crippen LogP) is 2.53. The third-order valence-corrected chi connectivity index (χ3v) is 4.03. The van der Waals surface area contributed by atoms with E-state index < -0.39 is 0 Å². The fraction of sp³-hybridized carbons (Fsp3) is 0.571. The van der Waals surface area contributed by atoms with E-state index >= 15 is 0 Å². The first-order valence-electron chi connectivity index (χ1n) is 6.02. The number of nitrogens with two attached hydrogens (primary N) is 1. The molecule has 0 spiro atoms. The van der Waals surface area contributed by atoms with Crippen LogP contribution in [-0.2, 0) is 6.54 Å². The number of thiophene rings is 1. The second-order valence-corrected chi connectivity index (χ2v) is 5.84. The second kappa shape index (κ2) is 6.80. The van der Waals surface area contributed by atoms with Gasteiger partial charge in [-0.25, -0.2) is 0 Å². The van der Waals surface area contributed by atoms with Crippen molar-refractivity contribution >= 4 is 11.3 Å². The zero-order valence-corrected chi connectivity index (χ0v) is 12.0. The van der Waals surface area contributed by atoms with Crippen molar-refractivity contribution in [2.24, 2.45) is 11.7 Å². The highest BCUT2D eigenvalue weighted by atomic mass is 32.1. The smallest absolute Gasteiger partial charge is 0.0772 e. The zero-order valence-electron chi connectivity index (χ0n) is 11.2. The van der Waals surface area contributed by atoms with E-state index in [-0.39, 0.29) is 0 Å². The van der Waals surface area contributed by atoms with E-state index in [0.29, 0.717) is 18.5 Å². The molecule has 1 heterocycles. The Bertz CT molecular complexity index is 398. The Hall–Kier alpha value is -0.820. The Morgan fingerprint density at radius 2 is 2.06 bits per heavy atom. The monoisotopic (exact) mass is 250 g/mol. The fourth-order valence-corrected chi connectivity index (χ4v) is 2.51. The van der Waals surface area contributed by atoms with E-state index in [1.54, 1.807) is 11.3 Å². The highest BCUT2D eigenvalue weighted by Crippen LogP contribution is 2.19. The third-order valence-electron chi connectivity index (χ3n) is 3.04. The Labute approximate surface area is 109 Å². The van der Waals surface area contributed by atoms with Crippen LogP contribution in [0, 0.1) is 17.8 Å². The second-order valence-electron chi connectivity index (χ2n) is 4.67. The third kappa shape index (κ3) is 4.51. The quantitative estimate of drug-likeness (QED) is 0.832. The van der Waals surface area contributed by atoms with Gasteiger partial charge in [0.15, 0.2) is 0 Å². The van der Waals surface area contributed by atoms with Gasteiger partial charge >= 0.3 is 0 Å². The molecule has 1 rings (SSSR count). The van der Waals surface area contributed by atoms with Crippen LogP contribution in [0.25, 0.3) is 0 Å². The lowest BCUT2D eigenvalue weighted by molar-refractivity contribution is 0.202. The molecular formula is C14H22N2S. The summed E-state index contributed by atoms with van der Waals surface area (Å²) in [5.41, 5.74) is 5.36. The van der Waals surface area contributed by atoms with Crippen molar-refractivity contribution in [3.63, 3.8) is 0 Å². The van der Waals surface area contributed by atoms with E-state index in [4.69, 9.17) is 5.73 Å². The van der Waals surface area contributed by atoms with Gasteiger partial charge in [-0.05, 0) is 32.0 Å². The molecule has 0 aliphatic rings. The average Bonchev–Trinajstić information content (AvgIpc) is 2.72. The molecule has 1 aromatic heterocycles. The summed E-state index contributed by atoms with van der Waals surface area (Å²) in [7, 11) is 2.18. The fourth-order valence-electron chi connectivity index (χ4n) is 1.57. The van der Waals surface area contributed by atoms with Crippen LogP contribution in [0.1, 0.15) is 30.5 Å². The van der Waals surface area contributed by atoms with Crippen molar-refractivity contribution in [1.29, 1.82) is 0 Å². The van der Waals surface area contributed by atoms with Crippen LogP contribution in [0.5, 0.6) is 0 Å². The molecule has 1 aromatic rings. The molecule has 0 saturated carbocycles. The minimum absolute atomic E-state index is 0.428. The van der Waals surface area contributed by atoms with Crippen molar-refractivity contribution in [3.05, 3.63) is 21.9 Å². The van der Waals surface area contributed by atoms with Gasteiger partial charge < -0.3 is 5.73 Å². The molecule has 2 N–H and O–H groups in total. The van der Waals surface area contributed by atoms with Crippen molar-refractivity contribution < 1.29 is 0 Å². The van der Waals surface area contributed by atoms with Crippen LogP contribution in [0.2, 0.25) is 0 Å². The summed E-state index contributed by atoms with van der Waals surface area (Å²) in [6.07, 6.45) is 0. The van der Waals surface area contributed by atoms with Crippen molar-refractivity contribution in [2.75, 3.05) is 13.6 Å². The number of hydrogen-bond acceptors (Lipinski definition) is 3. The van der Waals surface area contributed by atoms with Crippen LogP contribution < -0.4 is 5.73 Å².